The molecule has 1 saturated heterocycles. The Morgan fingerprint density at radius 3 is 2.50 bits per heavy atom. The summed E-state index contributed by atoms with van der Waals surface area (Å²) in [5.74, 6) is 0.620. The van der Waals surface area contributed by atoms with Gasteiger partial charge in [-0.1, -0.05) is 19.1 Å². The van der Waals surface area contributed by atoms with Crippen LogP contribution >= 0.6 is 12.2 Å². The molecule has 0 spiro atoms. The van der Waals surface area contributed by atoms with Crippen LogP contribution in [0, 0.1) is 11.3 Å². The van der Waals surface area contributed by atoms with Gasteiger partial charge >= 0.3 is 0 Å². The minimum absolute atomic E-state index is 0.0432. The predicted octanol–water partition coefficient (Wildman–Crippen LogP) is 0.689. The number of carbonyl (C=O) groups is 1. The highest BCUT2D eigenvalue weighted by molar-refractivity contribution is 7.80. The van der Waals surface area contributed by atoms with Gasteiger partial charge in [0.25, 0.3) is 0 Å². The van der Waals surface area contributed by atoms with Gasteiger partial charge in [0.05, 0.1) is 29.7 Å². The first kappa shape index (κ1) is 15.7. The lowest BCUT2D eigenvalue weighted by Gasteiger charge is -2.47. The normalized spacial score (nSPS) is 30.9. The molecule has 0 atom stereocenters. The van der Waals surface area contributed by atoms with Gasteiger partial charge in [0.15, 0.2) is 0 Å². The molecule has 3 N–H and O–H groups in total. The molecule has 1 aliphatic carbocycles. The lowest BCUT2D eigenvalue weighted by molar-refractivity contribution is -0.146. The highest BCUT2D eigenvalue weighted by Crippen LogP contribution is 2.47. The zero-order valence-corrected chi connectivity index (χ0v) is 12.8. The fourth-order valence-corrected chi connectivity index (χ4v) is 3.61. The Balaban J connectivity index is 1.90. The summed E-state index contributed by atoms with van der Waals surface area (Å²) in [6, 6.07) is 0. The fourth-order valence-electron chi connectivity index (χ4n) is 3.36. The molecule has 0 radical (unpaired) electrons. The highest BCUT2D eigenvalue weighted by atomic mass is 32.1. The first-order valence-corrected chi connectivity index (χ1v) is 7.72. The van der Waals surface area contributed by atoms with Crippen molar-refractivity contribution in [2.24, 2.45) is 17.1 Å². The van der Waals surface area contributed by atoms with Crippen LogP contribution in [0.3, 0.4) is 0 Å². The molecule has 1 saturated carbocycles. The highest BCUT2D eigenvalue weighted by Gasteiger charge is 2.52. The Bertz CT molecular complexity index is 375. The van der Waals surface area contributed by atoms with Crippen molar-refractivity contribution in [3.8, 4) is 0 Å². The van der Waals surface area contributed by atoms with Gasteiger partial charge in [-0.25, -0.2) is 0 Å². The number of thiocarbonyl (C=S) groups is 1. The minimum atomic E-state index is -0.590. The second-order valence-corrected chi connectivity index (χ2v) is 6.49. The van der Waals surface area contributed by atoms with Gasteiger partial charge in [-0.3, -0.25) is 4.79 Å². The second kappa shape index (κ2) is 6.37. The van der Waals surface area contributed by atoms with Crippen LogP contribution in [-0.4, -0.2) is 53.3 Å². The van der Waals surface area contributed by atoms with Gasteiger partial charge in [-0.05, 0) is 31.6 Å². The summed E-state index contributed by atoms with van der Waals surface area (Å²) in [5, 5.41) is 8.75. The van der Waals surface area contributed by atoms with Crippen LogP contribution in [0.1, 0.15) is 32.6 Å². The monoisotopic (exact) mass is 300 g/mol. The Morgan fingerprint density at radius 1 is 1.45 bits per heavy atom. The zero-order valence-electron chi connectivity index (χ0n) is 12.0. The number of hydrogen-bond acceptors (Lipinski definition) is 4. The van der Waals surface area contributed by atoms with Gasteiger partial charge in [0.1, 0.15) is 0 Å². The van der Waals surface area contributed by atoms with E-state index < -0.39 is 5.41 Å². The predicted molar refractivity (Wildman–Crippen MR) is 80.3 cm³/mol. The molecule has 114 valence electrons. The van der Waals surface area contributed by atoms with Gasteiger partial charge in [-0.2, -0.15) is 0 Å². The third-order valence-electron chi connectivity index (χ3n) is 4.45. The first-order valence-electron chi connectivity index (χ1n) is 7.31. The standard InChI is InChI=1S/C14H24N2O3S/c1-10-8-14(9-10,12(15)20)13(18)16-4-2-11(3-5-16)19-7-6-17/h10-11,17H,2-9H2,1H3,(H2,15,20). The summed E-state index contributed by atoms with van der Waals surface area (Å²) in [7, 11) is 0. The van der Waals surface area contributed by atoms with Crippen LogP contribution < -0.4 is 5.73 Å². The number of amides is 1. The number of likely N-dealkylation sites (tertiary alicyclic amines) is 1. The van der Waals surface area contributed by atoms with Crippen LogP contribution in [0.4, 0.5) is 0 Å². The van der Waals surface area contributed by atoms with E-state index in [-0.39, 0.29) is 18.6 Å². The van der Waals surface area contributed by atoms with Gasteiger partial charge in [0, 0.05) is 13.1 Å². The zero-order chi connectivity index (χ0) is 14.8. The molecule has 2 aliphatic rings. The van der Waals surface area contributed by atoms with E-state index in [4.69, 9.17) is 27.8 Å². The van der Waals surface area contributed by atoms with Crippen LogP contribution in [0.15, 0.2) is 0 Å². The summed E-state index contributed by atoms with van der Waals surface area (Å²) in [6.07, 6.45) is 3.33. The molecule has 0 aromatic rings. The van der Waals surface area contributed by atoms with Gasteiger partial charge < -0.3 is 20.5 Å². The quantitative estimate of drug-likeness (QED) is 0.731. The number of aliphatic hydroxyl groups is 1. The lowest BCUT2D eigenvalue weighted by atomic mass is 9.61. The Hall–Kier alpha value is -0.720. The summed E-state index contributed by atoms with van der Waals surface area (Å²) >= 11 is 5.14. The number of nitrogens with zero attached hydrogens (tertiary/aromatic N) is 1. The summed E-state index contributed by atoms with van der Waals surface area (Å²) in [6.45, 7) is 3.91. The van der Waals surface area contributed by atoms with Crippen molar-refractivity contribution in [1.29, 1.82) is 0 Å². The molecule has 0 aromatic carbocycles. The lowest BCUT2D eigenvalue weighted by Crippen LogP contribution is -2.58. The number of carbonyl (C=O) groups excluding carboxylic acids is 1. The van der Waals surface area contributed by atoms with Crippen molar-refractivity contribution in [2.45, 2.75) is 38.7 Å². The number of ether oxygens (including phenoxy) is 1. The maximum absolute atomic E-state index is 12.7. The Labute approximate surface area is 125 Å². The number of piperidine rings is 1. The molecule has 1 amide bonds. The SMILES string of the molecule is CC1CC(C(=O)N2CCC(OCCO)CC2)(C(N)=S)C1. The average Bonchev–Trinajstić information content (AvgIpc) is 2.41. The van der Waals surface area contributed by atoms with Crippen molar-refractivity contribution in [1.82, 2.24) is 4.90 Å². The molecule has 5 nitrogen and oxygen atoms in total. The summed E-state index contributed by atoms with van der Waals surface area (Å²) in [4.78, 5) is 14.9. The molecule has 1 aliphatic heterocycles. The molecule has 20 heavy (non-hydrogen) atoms. The van der Waals surface area contributed by atoms with E-state index in [9.17, 15) is 4.79 Å². The van der Waals surface area contributed by atoms with Crippen molar-refractivity contribution in [3.05, 3.63) is 0 Å². The number of aliphatic hydroxyl groups excluding tert-OH is 1. The summed E-state index contributed by atoms with van der Waals surface area (Å²) < 4.78 is 5.51. The van der Waals surface area contributed by atoms with E-state index in [2.05, 4.69) is 6.92 Å². The Kier molecular flexibility index (Phi) is 4.99. The van der Waals surface area contributed by atoms with E-state index >= 15 is 0 Å². The summed E-state index contributed by atoms with van der Waals surface area (Å²) in [5.41, 5.74) is 5.24. The molecule has 2 rings (SSSR count). The Morgan fingerprint density at radius 2 is 2.05 bits per heavy atom. The number of hydrogen-bond donors (Lipinski definition) is 2. The molecule has 6 heteroatoms. The van der Waals surface area contributed by atoms with Crippen molar-refractivity contribution in [3.63, 3.8) is 0 Å². The van der Waals surface area contributed by atoms with Crippen molar-refractivity contribution >= 4 is 23.1 Å². The van der Waals surface area contributed by atoms with Crippen LogP contribution in [-0.2, 0) is 9.53 Å². The van der Waals surface area contributed by atoms with E-state index in [0.717, 1.165) is 25.7 Å². The average molecular weight is 300 g/mol. The number of rotatable bonds is 5. The van der Waals surface area contributed by atoms with E-state index in [0.29, 0.717) is 30.6 Å². The van der Waals surface area contributed by atoms with E-state index in [1.807, 2.05) is 4.90 Å². The van der Waals surface area contributed by atoms with Crippen LogP contribution in [0.2, 0.25) is 0 Å². The van der Waals surface area contributed by atoms with Crippen LogP contribution in [0.5, 0.6) is 0 Å². The fraction of sp³-hybridized carbons (Fsp3) is 0.857. The molecular weight excluding hydrogens is 276 g/mol. The first-order chi connectivity index (χ1) is 9.49. The molecule has 0 bridgehead atoms. The van der Waals surface area contributed by atoms with E-state index in [1.165, 1.54) is 0 Å². The smallest absolute Gasteiger partial charge is 0.235 e. The van der Waals surface area contributed by atoms with Gasteiger partial charge in [-0.15, -0.1) is 0 Å². The topological polar surface area (TPSA) is 75.8 Å². The van der Waals surface area contributed by atoms with Gasteiger partial charge in [0.2, 0.25) is 5.91 Å². The molecular formula is C14H24N2O3S. The van der Waals surface area contributed by atoms with Crippen LogP contribution in [0.25, 0.3) is 0 Å². The molecule has 0 aromatic heterocycles. The molecule has 2 fully saturated rings. The minimum Gasteiger partial charge on any atom is -0.394 e. The molecule has 0 unspecified atom stereocenters. The largest absolute Gasteiger partial charge is 0.394 e. The third-order valence-corrected chi connectivity index (χ3v) is 4.84. The molecule has 1 heterocycles. The number of nitrogens with two attached hydrogens (primary N) is 1. The van der Waals surface area contributed by atoms with Crippen molar-refractivity contribution < 1.29 is 14.6 Å². The maximum Gasteiger partial charge on any atom is 0.235 e. The van der Waals surface area contributed by atoms with Crippen molar-refractivity contribution in [2.75, 3.05) is 26.3 Å². The maximum atomic E-state index is 12.7. The second-order valence-electron chi connectivity index (χ2n) is 6.05. The van der Waals surface area contributed by atoms with E-state index in [1.54, 1.807) is 0 Å². The third kappa shape index (κ3) is 2.97.